The zero-order valence-corrected chi connectivity index (χ0v) is 14.8. The van der Waals surface area contributed by atoms with Crippen molar-refractivity contribution in [2.24, 2.45) is 0 Å². The van der Waals surface area contributed by atoms with Gasteiger partial charge in [0, 0.05) is 27.5 Å². The maximum atomic E-state index is 12.4. The van der Waals surface area contributed by atoms with Crippen LogP contribution in [0.15, 0.2) is 24.3 Å². The van der Waals surface area contributed by atoms with Crippen molar-refractivity contribution in [1.82, 2.24) is 15.3 Å². The van der Waals surface area contributed by atoms with Crippen LogP contribution in [-0.4, -0.2) is 21.9 Å². The summed E-state index contributed by atoms with van der Waals surface area (Å²) in [6.45, 7) is 1.82. The van der Waals surface area contributed by atoms with E-state index in [-0.39, 0.29) is 11.9 Å². The van der Waals surface area contributed by atoms with Gasteiger partial charge in [-0.25, -0.2) is 9.97 Å². The van der Waals surface area contributed by atoms with E-state index in [1.165, 1.54) is 0 Å². The van der Waals surface area contributed by atoms with E-state index >= 15 is 0 Å². The normalized spacial score (nSPS) is 14.6. The summed E-state index contributed by atoms with van der Waals surface area (Å²) in [5.41, 5.74) is 1.72. The predicted octanol–water partition coefficient (Wildman–Crippen LogP) is 4.51. The van der Waals surface area contributed by atoms with Gasteiger partial charge in [-0.1, -0.05) is 36.0 Å². The van der Waals surface area contributed by atoms with E-state index in [2.05, 4.69) is 20.6 Å². The van der Waals surface area contributed by atoms with Gasteiger partial charge in [0.1, 0.15) is 5.69 Å². The SMILES string of the molecule is Cc1cc(C(=O)NC2CCCC2)nc(Nc2cc(Cl)cc(Cl)c2)n1. The van der Waals surface area contributed by atoms with E-state index in [4.69, 9.17) is 23.2 Å². The number of aryl methyl sites for hydroxylation is 1. The van der Waals surface area contributed by atoms with E-state index in [1.807, 2.05) is 6.92 Å². The van der Waals surface area contributed by atoms with Crippen LogP contribution in [0.3, 0.4) is 0 Å². The van der Waals surface area contributed by atoms with Crippen LogP contribution in [0, 0.1) is 6.92 Å². The van der Waals surface area contributed by atoms with Crippen LogP contribution in [0.4, 0.5) is 11.6 Å². The van der Waals surface area contributed by atoms with Crippen molar-refractivity contribution < 1.29 is 4.79 Å². The number of aromatic nitrogens is 2. The van der Waals surface area contributed by atoms with Crippen LogP contribution in [0.25, 0.3) is 0 Å². The van der Waals surface area contributed by atoms with Crippen LogP contribution in [0.1, 0.15) is 41.9 Å². The number of anilines is 2. The van der Waals surface area contributed by atoms with Gasteiger partial charge in [-0.05, 0) is 44.0 Å². The van der Waals surface area contributed by atoms with E-state index in [9.17, 15) is 4.79 Å². The Kier molecular flexibility index (Phi) is 5.21. The fourth-order valence-corrected chi connectivity index (χ4v) is 3.35. The molecule has 1 heterocycles. The van der Waals surface area contributed by atoms with Gasteiger partial charge in [-0.15, -0.1) is 0 Å². The van der Waals surface area contributed by atoms with Gasteiger partial charge in [0.05, 0.1) is 0 Å². The Labute approximate surface area is 150 Å². The molecule has 1 fully saturated rings. The van der Waals surface area contributed by atoms with Crippen LogP contribution in [0.2, 0.25) is 10.0 Å². The van der Waals surface area contributed by atoms with Crippen LogP contribution in [0.5, 0.6) is 0 Å². The first-order chi connectivity index (χ1) is 11.5. The summed E-state index contributed by atoms with van der Waals surface area (Å²) in [5.74, 6) is 0.171. The predicted molar refractivity (Wildman–Crippen MR) is 96.2 cm³/mol. The van der Waals surface area contributed by atoms with Gasteiger partial charge < -0.3 is 10.6 Å². The summed E-state index contributed by atoms with van der Waals surface area (Å²) in [4.78, 5) is 21.0. The summed E-state index contributed by atoms with van der Waals surface area (Å²) >= 11 is 12.0. The van der Waals surface area contributed by atoms with Crippen LogP contribution >= 0.6 is 23.2 Å². The molecule has 0 aliphatic heterocycles. The van der Waals surface area contributed by atoms with Gasteiger partial charge in [0.2, 0.25) is 5.95 Å². The lowest BCUT2D eigenvalue weighted by Crippen LogP contribution is -2.33. The highest BCUT2D eigenvalue weighted by atomic mass is 35.5. The Morgan fingerprint density at radius 3 is 2.42 bits per heavy atom. The highest BCUT2D eigenvalue weighted by molar-refractivity contribution is 6.35. The lowest BCUT2D eigenvalue weighted by molar-refractivity contribution is 0.0932. The lowest BCUT2D eigenvalue weighted by atomic mass is 10.2. The summed E-state index contributed by atoms with van der Waals surface area (Å²) in [6.07, 6.45) is 4.38. The molecule has 1 aromatic carbocycles. The number of benzene rings is 1. The molecule has 0 radical (unpaired) electrons. The smallest absolute Gasteiger partial charge is 0.270 e. The molecule has 1 saturated carbocycles. The van der Waals surface area contributed by atoms with Crippen molar-refractivity contribution in [3.63, 3.8) is 0 Å². The summed E-state index contributed by atoms with van der Waals surface area (Å²) in [6, 6.07) is 7.01. The number of rotatable bonds is 4. The molecule has 1 amide bonds. The molecule has 2 aromatic rings. The molecule has 0 bridgehead atoms. The second-order valence-corrected chi connectivity index (χ2v) is 6.83. The Morgan fingerprint density at radius 2 is 1.75 bits per heavy atom. The maximum absolute atomic E-state index is 12.4. The molecule has 0 unspecified atom stereocenters. The molecule has 7 heteroatoms. The maximum Gasteiger partial charge on any atom is 0.270 e. The molecule has 3 rings (SSSR count). The van der Waals surface area contributed by atoms with Crippen molar-refractivity contribution >= 4 is 40.7 Å². The third kappa shape index (κ3) is 4.36. The molecule has 5 nitrogen and oxygen atoms in total. The van der Waals surface area contributed by atoms with Gasteiger partial charge in [0.15, 0.2) is 0 Å². The minimum Gasteiger partial charge on any atom is -0.348 e. The molecule has 24 heavy (non-hydrogen) atoms. The Hall–Kier alpha value is -1.85. The number of hydrogen-bond donors (Lipinski definition) is 2. The molecule has 0 spiro atoms. The second kappa shape index (κ2) is 7.36. The summed E-state index contributed by atoms with van der Waals surface area (Å²) < 4.78 is 0. The standard InChI is InChI=1S/C17H18Cl2N4O/c1-10-6-15(16(24)21-13-4-2-3-5-13)23-17(20-10)22-14-8-11(18)7-12(19)9-14/h6-9,13H,2-5H2,1H3,(H,21,24)(H,20,22,23). The monoisotopic (exact) mass is 364 g/mol. The highest BCUT2D eigenvalue weighted by Crippen LogP contribution is 2.24. The molecule has 1 aromatic heterocycles. The Balaban J connectivity index is 1.79. The number of carbonyl (C=O) groups excluding carboxylic acids is 1. The Bertz CT molecular complexity index is 740. The third-order valence-corrected chi connectivity index (χ3v) is 4.33. The third-order valence-electron chi connectivity index (χ3n) is 3.90. The van der Waals surface area contributed by atoms with E-state index < -0.39 is 0 Å². The number of carbonyl (C=O) groups is 1. The van der Waals surface area contributed by atoms with Gasteiger partial charge in [0.25, 0.3) is 5.91 Å². The van der Waals surface area contributed by atoms with Crippen molar-refractivity contribution in [1.29, 1.82) is 0 Å². The quantitative estimate of drug-likeness (QED) is 0.837. The number of nitrogens with one attached hydrogen (secondary N) is 2. The van der Waals surface area contributed by atoms with Crippen molar-refractivity contribution in [2.45, 2.75) is 38.6 Å². The van der Waals surface area contributed by atoms with Crippen molar-refractivity contribution in [2.75, 3.05) is 5.32 Å². The van der Waals surface area contributed by atoms with Crippen LogP contribution in [-0.2, 0) is 0 Å². The first-order valence-corrected chi connectivity index (χ1v) is 8.65. The molecule has 0 saturated heterocycles. The van der Waals surface area contributed by atoms with Gasteiger partial charge in [-0.2, -0.15) is 0 Å². The molecule has 1 aliphatic carbocycles. The fourth-order valence-electron chi connectivity index (χ4n) is 2.83. The number of amides is 1. The lowest BCUT2D eigenvalue weighted by Gasteiger charge is -2.13. The first-order valence-electron chi connectivity index (χ1n) is 7.89. The minimum absolute atomic E-state index is 0.167. The summed E-state index contributed by atoms with van der Waals surface area (Å²) in [7, 11) is 0. The molecule has 126 valence electrons. The summed E-state index contributed by atoms with van der Waals surface area (Å²) in [5, 5.41) is 7.10. The van der Waals surface area contributed by atoms with E-state index in [0.29, 0.717) is 33.1 Å². The molecule has 2 N–H and O–H groups in total. The second-order valence-electron chi connectivity index (χ2n) is 5.96. The molecular weight excluding hydrogens is 347 g/mol. The van der Waals surface area contributed by atoms with E-state index in [0.717, 1.165) is 25.7 Å². The van der Waals surface area contributed by atoms with E-state index in [1.54, 1.807) is 24.3 Å². The molecule has 0 atom stereocenters. The van der Waals surface area contributed by atoms with Crippen molar-refractivity contribution in [3.8, 4) is 0 Å². The van der Waals surface area contributed by atoms with Crippen LogP contribution < -0.4 is 10.6 Å². The fraction of sp³-hybridized carbons (Fsp3) is 0.353. The number of halogens is 2. The van der Waals surface area contributed by atoms with Crippen molar-refractivity contribution in [3.05, 3.63) is 45.7 Å². The zero-order chi connectivity index (χ0) is 17.1. The molecule has 1 aliphatic rings. The van der Waals surface area contributed by atoms with Gasteiger partial charge in [-0.3, -0.25) is 4.79 Å². The topological polar surface area (TPSA) is 66.9 Å². The Morgan fingerprint density at radius 1 is 1.08 bits per heavy atom. The largest absolute Gasteiger partial charge is 0.348 e. The number of nitrogens with zero attached hydrogens (tertiary/aromatic N) is 2. The zero-order valence-electron chi connectivity index (χ0n) is 13.3. The first kappa shape index (κ1) is 17.0. The minimum atomic E-state index is -0.167. The highest BCUT2D eigenvalue weighted by Gasteiger charge is 2.19. The number of hydrogen-bond acceptors (Lipinski definition) is 4. The molecular formula is C17H18Cl2N4O. The average molecular weight is 365 g/mol. The van der Waals surface area contributed by atoms with Gasteiger partial charge >= 0.3 is 0 Å². The average Bonchev–Trinajstić information content (AvgIpc) is 2.98.